The number of hydrogen-bond donors (Lipinski definition) is 0. The Labute approximate surface area is 178 Å². The van der Waals surface area contributed by atoms with Crippen molar-refractivity contribution >= 4 is 45.0 Å². The molecule has 150 valence electrons. The molecule has 5 nitrogen and oxygen atoms in total. The van der Waals surface area contributed by atoms with Gasteiger partial charge in [0.1, 0.15) is 5.75 Å². The number of benzene rings is 2. The van der Waals surface area contributed by atoms with Crippen LogP contribution in [0.2, 0.25) is 0 Å². The first-order valence-corrected chi connectivity index (χ1v) is 11.4. The van der Waals surface area contributed by atoms with E-state index in [-0.39, 0.29) is 17.6 Å². The average molecular weight is 427 g/mol. The lowest BCUT2D eigenvalue weighted by atomic mass is 9.89. The largest absolute Gasteiger partial charge is 0.497 e. The van der Waals surface area contributed by atoms with Gasteiger partial charge in [-0.3, -0.25) is 9.59 Å². The zero-order chi connectivity index (χ0) is 20.2. The molecular weight excluding hydrogens is 404 g/mol. The Hall–Kier alpha value is -2.38. The van der Waals surface area contributed by atoms with Crippen LogP contribution in [-0.2, 0) is 4.79 Å². The van der Waals surface area contributed by atoms with Crippen LogP contribution in [0.4, 0.5) is 0 Å². The molecule has 0 N–H and O–H groups in total. The highest BCUT2D eigenvalue weighted by molar-refractivity contribution is 8.01. The highest BCUT2D eigenvalue weighted by Gasteiger charge is 2.28. The number of piperidine rings is 1. The molecule has 0 atom stereocenters. The Morgan fingerprint density at radius 1 is 1.14 bits per heavy atom. The zero-order valence-electron chi connectivity index (χ0n) is 16.2. The average Bonchev–Trinajstić information content (AvgIpc) is 3.20. The smallest absolute Gasteiger partial charge is 0.233 e. The van der Waals surface area contributed by atoms with E-state index in [0.717, 1.165) is 20.3 Å². The minimum atomic E-state index is -0.0237. The second-order valence-electron chi connectivity index (χ2n) is 6.98. The van der Waals surface area contributed by atoms with Gasteiger partial charge in [0.05, 0.1) is 23.1 Å². The summed E-state index contributed by atoms with van der Waals surface area (Å²) in [5.41, 5.74) is 1.69. The molecule has 0 radical (unpaired) electrons. The van der Waals surface area contributed by atoms with Crippen molar-refractivity contribution in [1.82, 2.24) is 9.88 Å². The van der Waals surface area contributed by atoms with E-state index in [4.69, 9.17) is 4.74 Å². The van der Waals surface area contributed by atoms with Gasteiger partial charge in [-0.25, -0.2) is 4.98 Å². The summed E-state index contributed by atoms with van der Waals surface area (Å²) in [6.07, 6.45) is 1.42. The van der Waals surface area contributed by atoms with Crippen molar-refractivity contribution < 1.29 is 14.3 Å². The SMILES string of the molecule is COc1ccc(C(=O)C2CCN(C(=O)CSc3nc4ccccc4s3)CC2)cc1. The standard InChI is InChI=1S/C22H22N2O3S2/c1-27-17-8-6-15(7-9-17)21(26)16-10-12-24(13-11-16)20(25)14-28-22-23-18-4-2-3-5-19(18)29-22/h2-9,16H,10-14H2,1H3. The minimum Gasteiger partial charge on any atom is -0.497 e. The van der Waals surface area contributed by atoms with Crippen molar-refractivity contribution in [2.45, 2.75) is 17.2 Å². The van der Waals surface area contributed by atoms with Crippen LogP contribution in [0, 0.1) is 5.92 Å². The van der Waals surface area contributed by atoms with Crippen LogP contribution in [0.25, 0.3) is 10.2 Å². The number of para-hydroxylation sites is 1. The third-order valence-corrected chi connectivity index (χ3v) is 7.35. The van der Waals surface area contributed by atoms with Crippen LogP contribution in [-0.4, -0.2) is 47.5 Å². The number of likely N-dealkylation sites (tertiary alicyclic amines) is 1. The first-order chi connectivity index (χ1) is 14.1. The van der Waals surface area contributed by atoms with E-state index < -0.39 is 0 Å². The van der Waals surface area contributed by atoms with Crippen molar-refractivity contribution in [3.05, 3.63) is 54.1 Å². The summed E-state index contributed by atoms with van der Waals surface area (Å²) in [5.74, 6) is 1.38. The minimum absolute atomic E-state index is 0.0237. The molecule has 0 spiro atoms. The van der Waals surface area contributed by atoms with Crippen molar-refractivity contribution in [3.8, 4) is 5.75 Å². The fourth-order valence-corrected chi connectivity index (χ4v) is 5.48. The second kappa shape index (κ2) is 8.97. The van der Waals surface area contributed by atoms with Gasteiger partial charge in [-0.1, -0.05) is 23.9 Å². The summed E-state index contributed by atoms with van der Waals surface area (Å²) in [7, 11) is 1.61. The van der Waals surface area contributed by atoms with Crippen LogP contribution in [0.15, 0.2) is 52.9 Å². The molecule has 0 aliphatic carbocycles. The summed E-state index contributed by atoms with van der Waals surface area (Å²) < 4.78 is 7.21. The molecule has 2 aromatic carbocycles. The quantitative estimate of drug-likeness (QED) is 0.428. The Bertz CT molecular complexity index is 975. The number of thiazole rings is 1. The van der Waals surface area contributed by atoms with E-state index >= 15 is 0 Å². The lowest BCUT2D eigenvalue weighted by Crippen LogP contribution is -2.41. The molecule has 0 unspecified atom stereocenters. The summed E-state index contributed by atoms with van der Waals surface area (Å²) in [6, 6.07) is 15.2. The predicted octanol–water partition coefficient (Wildman–Crippen LogP) is 4.52. The van der Waals surface area contributed by atoms with Crippen molar-refractivity contribution in [2.24, 2.45) is 5.92 Å². The summed E-state index contributed by atoms with van der Waals surface area (Å²) >= 11 is 3.11. The molecule has 2 heterocycles. The third-order valence-electron chi connectivity index (χ3n) is 5.19. The molecule has 1 saturated heterocycles. The van der Waals surface area contributed by atoms with Crippen LogP contribution in [0.3, 0.4) is 0 Å². The van der Waals surface area contributed by atoms with E-state index in [1.807, 2.05) is 53.4 Å². The molecule has 0 bridgehead atoms. The van der Waals surface area contributed by atoms with Crippen molar-refractivity contribution in [2.75, 3.05) is 26.0 Å². The molecule has 1 aliphatic rings. The van der Waals surface area contributed by atoms with Crippen LogP contribution >= 0.6 is 23.1 Å². The lowest BCUT2D eigenvalue weighted by Gasteiger charge is -2.31. The number of carbonyl (C=O) groups excluding carboxylic acids is 2. The highest BCUT2D eigenvalue weighted by Crippen LogP contribution is 2.30. The highest BCUT2D eigenvalue weighted by atomic mass is 32.2. The van der Waals surface area contributed by atoms with Crippen molar-refractivity contribution in [3.63, 3.8) is 0 Å². The van der Waals surface area contributed by atoms with E-state index in [1.54, 1.807) is 18.4 Å². The van der Waals surface area contributed by atoms with Crippen LogP contribution in [0.5, 0.6) is 5.75 Å². The Morgan fingerprint density at radius 2 is 1.86 bits per heavy atom. The normalized spacial score (nSPS) is 14.9. The molecule has 1 aliphatic heterocycles. The Balaban J connectivity index is 1.28. The van der Waals surface area contributed by atoms with Crippen LogP contribution in [0.1, 0.15) is 23.2 Å². The van der Waals surface area contributed by atoms with Gasteiger partial charge in [-0.05, 0) is 49.2 Å². The van der Waals surface area contributed by atoms with Gasteiger partial charge in [0.15, 0.2) is 10.1 Å². The summed E-state index contributed by atoms with van der Waals surface area (Å²) in [5, 5.41) is 0. The van der Waals surface area contributed by atoms with Crippen molar-refractivity contribution in [1.29, 1.82) is 0 Å². The number of thioether (sulfide) groups is 1. The monoisotopic (exact) mass is 426 g/mol. The van der Waals surface area contributed by atoms with E-state index in [0.29, 0.717) is 37.2 Å². The van der Waals surface area contributed by atoms with Gasteiger partial charge < -0.3 is 9.64 Å². The Kier molecular flexibility index (Phi) is 6.16. The molecule has 29 heavy (non-hydrogen) atoms. The zero-order valence-corrected chi connectivity index (χ0v) is 17.8. The van der Waals surface area contributed by atoms with Gasteiger partial charge in [0.25, 0.3) is 0 Å². The van der Waals surface area contributed by atoms with E-state index in [9.17, 15) is 9.59 Å². The second-order valence-corrected chi connectivity index (χ2v) is 9.24. The number of nitrogens with zero attached hydrogens (tertiary/aromatic N) is 2. The number of fused-ring (bicyclic) bond motifs is 1. The first kappa shape index (κ1) is 19.9. The molecule has 1 fully saturated rings. The maximum absolute atomic E-state index is 12.7. The number of amides is 1. The number of ether oxygens (including phenoxy) is 1. The Morgan fingerprint density at radius 3 is 2.55 bits per heavy atom. The number of rotatable bonds is 6. The van der Waals surface area contributed by atoms with Gasteiger partial charge in [0, 0.05) is 24.6 Å². The molecular formula is C22H22N2O3S2. The number of carbonyl (C=O) groups is 2. The summed E-state index contributed by atoms with van der Waals surface area (Å²) in [6.45, 7) is 1.26. The predicted molar refractivity (Wildman–Crippen MR) is 117 cm³/mol. The van der Waals surface area contributed by atoms with E-state index in [1.165, 1.54) is 11.8 Å². The number of hydrogen-bond acceptors (Lipinski definition) is 6. The molecule has 0 saturated carbocycles. The maximum Gasteiger partial charge on any atom is 0.233 e. The molecule has 7 heteroatoms. The molecule has 1 aromatic heterocycles. The van der Waals surface area contributed by atoms with Gasteiger partial charge in [0.2, 0.25) is 5.91 Å². The third kappa shape index (κ3) is 4.62. The maximum atomic E-state index is 12.7. The number of methoxy groups -OCH3 is 1. The number of Topliss-reactive ketones (excluding diaryl/α,β-unsaturated/α-hetero) is 1. The van der Waals surface area contributed by atoms with Gasteiger partial charge in [-0.2, -0.15) is 0 Å². The molecule has 4 rings (SSSR count). The number of ketones is 1. The number of aromatic nitrogens is 1. The topological polar surface area (TPSA) is 59.5 Å². The lowest BCUT2D eigenvalue weighted by molar-refractivity contribution is -0.129. The first-order valence-electron chi connectivity index (χ1n) is 9.58. The fourth-order valence-electron chi connectivity index (χ4n) is 3.51. The van der Waals surface area contributed by atoms with Crippen LogP contribution < -0.4 is 4.74 Å². The van der Waals surface area contributed by atoms with Gasteiger partial charge >= 0.3 is 0 Å². The summed E-state index contributed by atoms with van der Waals surface area (Å²) in [4.78, 5) is 31.7. The van der Waals surface area contributed by atoms with E-state index in [2.05, 4.69) is 4.98 Å². The molecule has 3 aromatic rings. The fraction of sp³-hybridized carbons (Fsp3) is 0.318. The van der Waals surface area contributed by atoms with Gasteiger partial charge in [-0.15, -0.1) is 11.3 Å². The molecule has 1 amide bonds.